The van der Waals surface area contributed by atoms with E-state index in [9.17, 15) is 9.90 Å². The molecule has 4 nitrogen and oxygen atoms in total. The number of hydrogen-bond donors (Lipinski definition) is 2. The van der Waals surface area contributed by atoms with Gasteiger partial charge in [-0.15, -0.1) is 11.3 Å². The van der Waals surface area contributed by atoms with Crippen molar-refractivity contribution < 1.29 is 9.90 Å². The van der Waals surface area contributed by atoms with Crippen LogP contribution < -0.4 is 5.32 Å². The monoisotopic (exact) mass is 304 g/mol. The van der Waals surface area contributed by atoms with Crippen molar-refractivity contribution in [3.8, 4) is 10.6 Å². The predicted molar refractivity (Wildman–Crippen MR) is 85.3 cm³/mol. The second kappa shape index (κ2) is 7.33. The molecule has 112 valence electrons. The zero-order valence-electron chi connectivity index (χ0n) is 12.2. The number of nitrogens with one attached hydrogen (secondary N) is 1. The summed E-state index contributed by atoms with van der Waals surface area (Å²) in [6.45, 7) is 4.59. The van der Waals surface area contributed by atoms with Gasteiger partial charge >= 0.3 is 5.97 Å². The maximum atomic E-state index is 11.2. The summed E-state index contributed by atoms with van der Waals surface area (Å²) in [6.07, 6.45) is 2.44. The Morgan fingerprint density at radius 3 is 2.67 bits per heavy atom. The minimum atomic E-state index is -0.795. The van der Waals surface area contributed by atoms with Crippen molar-refractivity contribution in [2.75, 3.05) is 0 Å². The van der Waals surface area contributed by atoms with E-state index in [0.717, 1.165) is 15.4 Å². The fraction of sp³-hybridized carbons (Fsp3) is 0.375. The lowest BCUT2D eigenvalue weighted by Crippen LogP contribution is -2.37. The van der Waals surface area contributed by atoms with Crippen molar-refractivity contribution >= 4 is 17.3 Å². The van der Waals surface area contributed by atoms with Crippen LogP contribution in [0, 0.1) is 5.92 Å². The Morgan fingerprint density at radius 2 is 2.05 bits per heavy atom. The van der Waals surface area contributed by atoms with Crippen LogP contribution in [0.3, 0.4) is 0 Å². The van der Waals surface area contributed by atoms with Gasteiger partial charge in [-0.25, -0.2) is 4.98 Å². The van der Waals surface area contributed by atoms with Crippen LogP contribution >= 0.6 is 11.3 Å². The Labute approximate surface area is 128 Å². The summed E-state index contributed by atoms with van der Waals surface area (Å²) < 4.78 is 0. The SMILES string of the molecule is CC(C)CC(NCc1cnc(-c2ccccc2)s1)C(=O)O. The van der Waals surface area contributed by atoms with E-state index in [1.54, 1.807) is 11.3 Å². The molecule has 0 saturated heterocycles. The standard InChI is InChI=1S/C16H20N2O2S/c1-11(2)8-14(16(19)20)17-9-13-10-18-15(21-13)12-6-4-3-5-7-12/h3-7,10-11,14,17H,8-9H2,1-2H3,(H,19,20). The number of nitrogens with zero attached hydrogens (tertiary/aromatic N) is 1. The van der Waals surface area contributed by atoms with Crippen molar-refractivity contribution in [1.82, 2.24) is 10.3 Å². The van der Waals surface area contributed by atoms with Crippen molar-refractivity contribution in [3.05, 3.63) is 41.4 Å². The molecule has 0 aliphatic carbocycles. The first-order valence-corrected chi connectivity index (χ1v) is 7.84. The van der Waals surface area contributed by atoms with Crippen LogP contribution in [0.5, 0.6) is 0 Å². The Balaban J connectivity index is 1.98. The molecule has 0 amide bonds. The Bertz CT molecular complexity index is 581. The maximum Gasteiger partial charge on any atom is 0.320 e. The average molecular weight is 304 g/mol. The van der Waals surface area contributed by atoms with Crippen LogP contribution in [0.15, 0.2) is 36.5 Å². The molecular formula is C16H20N2O2S. The Hall–Kier alpha value is -1.72. The summed E-state index contributed by atoms with van der Waals surface area (Å²) in [7, 11) is 0. The second-order valence-electron chi connectivity index (χ2n) is 5.40. The van der Waals surface area contributed by atoms with Crippen molar-refractivity contribution in [1.29, 1.82) is 0 Å². The number of carbonyl (C=O) groups is 1. The van der Waals surface area contributed by atoms with E-state index in [2.05, 4.69) is 10.3 Å². The molecule has 1 aromatic carbocycles. The number of thiazole rings is 1. The van der Waals surface area contributed by atoms with Crippen LogP contribution in [0.1, 0.15) is 25.1 Å². The highest BCUT2D eigenvalue weighted by molar-refractivity contribution is 7.15. The summed E-state index contributed by atoms with van der Waals surface area (Å²) in [5.41, 5.74) is 1.09. The van der Waals surface area contributed by atoms with Gasteiger partial charge in [0.25, 0.3) is 0 Å². The smallest absolute Gasteiger partial charge is 0.320 e. The first-order valence-electron chi connectivity index (χ1n) is 7.02. The van der Waals surface area contributed by atoms with Crippen LogP contribution in [0.2, 0.25) is 0 Å². The minimum absolute atomic E-state index is 0.347. The van der Waals surface area contributed by atoms with Gasteiger partial charge in [0, 0.05) is 23.2 Å². The molecule has 2 N–H and O–H groups in total. The largest absolute Gasteiger partial charge is 0.480 e. The van der Waals surface area contributed by atoms with Gasteiger partial charge in [0.2, 0.25) is 0 Å². The third kappa shape index (κ3) is 4.65. The molecule has 2 aromatic rings. The molecule has 21 heavy (non-hydrogen) atoms. The first kappa shape index (κ1) is 15.7. The van der Waals surface area contributed by atoms with Crippen LogP contribution in [0.25, 0.3) is 10.6 Å². The molecule has 1 heterocycles. The summed E-state index contributed by atoms with van der Waals surface area (Å²) in [6, 6.07) is 9.48. The maximum absolute atomic E-state index is 11.2. The van der Waals surface area contributed by atoms with Crippen LogP contribution in [-0.2, 0) is 11.3 Å². The van der Waals surface area contributed by atoms with Gasteiger partial charge < -0.3 is 5.11 Å². The highest BCUT2D eigenvalue weighted by Crippen LogP contribution is 2.24. The van der Waals surface area contributed by atoms with Gasteiger partial charge in [-0.05, 0) is 12.3 Å². The average Bonchev–Trinajstić information content (AvgIpc) is 2.92. The predicted octanol–water partition coefficient (Wildman–Crippen LogP) is 3.40. The molecule has 2 rings (SSSR count). The molecule has 0 aliphatic rings. The third-order valence-corrected chi connectivity index (χ3v) is 4.15. The lowest BCUT2D eigenvalue weighted by atomic mass is 10.0. The van der Waals surface area contributed by atoms with E-state index in [1.807, 2.05) is 50.4 Å². The van der Waals surface area contributed by atoms with E-state index >= 15 is 0 Å². The zero-order chi connectivity index (χ0) is 15.2. The number of benzene rings is 1. The quantitative estimate of drug-likeness (QED) is 0.823. The van der Waals surface area contributed by atoms with Gasteiger partial charge in [-0.2, -0.15) is 0 Å². The molecule has 0 bridgehead atoms. The van der Waals surface area contributed by atoms with Crippen LogP contribution in [0.4, 0.5) is 0 Å². The van der Waals surface area contributed by atoms with Gasteiger partial charge in [-0.1, -0.05) is 44.2 Å². The number of carboxylic acids is 1. The Morgan fingerprint density at radius 1 is 1.33 bits per heavy atom. The van der Waals surface area contributed by atoms with Gasteiger partial charge in [0.15, 0.2) is 0 Å². The second-order valence-corrected chi connectivity index (χ2v) is 6.51. The molecule has 1 unspecified atom stereocenters. The minimum Gasteiger partial charge on any atom is -0.480 e. The zero-order valence-corrected chi connectivity index (χ0v) is 13.1. The molecule has 1 aromatic heterocycles. The van der Waals surface area contributed by atoms with Crippen LogP contribution in [-0.4, -0.2) is 22.1 Å². The first-order chi connectivity index (χ1) is 10.1. The van der Waals surface area contributed by atoms with Crippen molar-refractivity contribution in [3.63, 3.8) is 0 Å². The molecule has 0 radical (unpaired) electrons. The molecular weight excluding hydrogens is 284 g/mol. The van der Waals surface area contributed by atoms with E-state index in [4.69, 9.17) is 0 Å². The molecule has 0 spiro atoms. The highest BCUT2D eigenvalue weighted by atomic mass is 32.1. The summed E-state index contributed by atoms with van der Waals surface area (Å²) >= 11 is 1.59. The van der Waals surface area contributed by atoms with E-state index < -0.39 is 12.0 Å². The number of rotatable bonds is 7. The lowest BCUT2D eigenvalue weighted by Gasteiger charge is -2.15. The van der Waals surface area contributed by atoms with E-state index in [0.29, 0.717) is 18.9 Å². The molecule has 0 fully saturated rings. The van der Waals surface area contributed by atoms with E-state index in [-0.39, 0.29) is 0 Å². The number of aromatic nitrogens is 1. The topological polar surface area (TPSA) is 62.2 Å². The molecule has 0 aliphatic heterocycles. The highest BCUT2D eigenvalue weighted by Gasteiger charge is 2.18. The fourth-order valence-electron chi connectivity index (χ4n) is 2.07. The Kier molecular flexibility index (Phi) is 5.47. The third-order valence-electron chi connectivity index (χ3n) is 3.10. The number of carboxylic acid groups (broad SMARTS) is 1. The van der Waals surface area contributed by atoms with Gasteiger partial charge in [0.1, 0.15) is 11.0 Å². The van der Waals surface area contributed by atoms with E-state index in [1.165, 1.54) is 0 Å². The lowest BCUT2D eigenvalue weighted by molar-refractivity contribution is -0.140. The molecule has 5 heteroatoms. The number of aliphatic carboxylic acids is 1. The number of hydrogen-bond acceptors (Lipinski definition) is 4. The van der Waals surface area contributed by atoms with Crippen molar-refractivity contribution in [2.45, 2.75) is 32.9 Å². The van der Waals surface area contributed by atoms with Crippen molar-refractivity contribution in [2.24, 2.45) is 5.92 Å². The summed E-state index contributed by atoms with van der Waals surface area (Å²) in [5.74, 6) is -0.448. The van der Waals surface area contributed by atoms with Gasteiger partial charge in [-0.3, -0.25) is 10.1 Å². The van der Waals surface area contributed by atoms with Gasteiger partial charge in [0.05, 0.1) is 0 Å². The molecule has 1 atom stereocenters. The molecule has 0 saturated carbocycles. The fourth-order valence-corrected chi connectivity index (χ4v) is 2.94. The normalized spacial score (nSPS) is 12.5. The summed E-state index contributed by atoms with van der Waals surface area (Å²) in [5, 5.41) is 13.3. The summed E-state index contributed by atoms with van der Waals surface area (Å²) in [4.78, 5) is 16.7.